The van der Waals surface area contributed by atoms with Crippen LogP contribution in [0.3, 0.4) is 0 Å². The van der Waals surface area contributed by atoms with Crippen molar-refractivity contribution in [2.24, 2.45) is 5.73 Å². The monoisotopic (exact) mass is 294 g/mol. The smallest absolute Gasteiger partial charge is 0.0522 e. The third kappa shape index (κ3) is 3.72. The Kier molecular flexibility index (Phi) is 5.25. The zero-order chi connectivity index (χ0) is 13.7. The lowest BCUT2D eigenvalue weighted by atomic mass is 10.1. The quantitative estimate of drug-likeness (QED) is 0.875. The molecule has 0 saturated heterocycles. The van der Waals surface area contributed by atoms with Crippen molar-refractivity contribution in [1.29, 1.82) is 0 Å². The van der Waals surface area contributed by atoms with E-state index in [2.05, 4.69) is 41.5 Å². The van der Waals surface area contributed by atoms with Crippen LogP contribution in [-0.4, -0.2) is 13.1 Å². The summed E-state index contributed by atoms with van der Waals surface area (Å²) in [5.41, 5.74) is 7.87. The zero-order valence-electron chi connectivity index (χ0n) is 11.1. The maximum atomic E-state index is 6.31. The highest BCUT2D eigenvalue weighted by atomic mass is 35.5. The molecular formula is C15H19ClN2S. The average molecular weight is 295 g/mol. The average Bonchev–Trinajstić information content (AvgIpc) is 2.91. The van der Waals surface area contributed by atoms with Crippen molar-refractivity contribution in [3.05, 3.63) is 51.2 Å². The Bertz CT molecular complexity index is 511. The van der Waals surface area contributed by atoms with Crippen molar-refractivity contribution in [1.82, 2.24) is 0 Å². The molecule has 102 valence electrons. The second-order valence-corrected chi connectivity index (χ2v) is 5.85. The van der Waals surface area contributed by atoms with Crippen LogP contribution < -0.4 is 10.6 Å². The van der Waals surface area contributed by atoms with E-state index in [4.69, 9.17) is 17.3 Å². The summed E-state index contributed by atoms with van der Waals surface area (Å²) in [5, 5.41) is 2.92. The van der Waals surface area contributed by atoms with Crippen LogP contribution in [0.2, 0.25) is 5.02 Å². The van der Waals surface area contributed by atoms with E-state index in [-0.39, 0.29) is 0 Å². The SMILES string of the molecule is CCN(Cc1cccs1)c1ccc(CCN)c(Cl)c1. The molecule has 0 radical (unpaired) electrons. The molecule has 1 aromatic heterocycles. The van der Waals surface area contributed by atoms with Crippen molar-refractivity contribution >= 4 is 28.6 Å². The van der Waals surface area contributed by atoms with Crippen LogP contribution in [0.4, 0.5) is 5.69 Å². The van der Waals surface area contributed by atoms with Gasteiger partial charge in [0.15, 0.2) is 0 Å². The normalized spacial score (nSPS) is 10.7. The van der Waals surface area contributed by atoms with Crippen molar-refractivity contribution in [3.8, 4) is 0 Å². The zero-order valence-corrected chi connectivity index (χ0v) is 12.7. The van der Waals surface area contributed by atoms with Crippen molar-refractivity contribution < 1.29 is 0 Å². The third-order valence-corrected chi connectivity index (χ3v) is 4.34. The summed E-state index contributed by atoms with van der Waals surface area (Å²) in [4.78, 5) is 3.69. The minimum absolute atomic E-state index is 0.631. The molecule has 0 bridgehead atoms. The highest BCUT2D eigenvalue weighted by Crippen LogP contribution is 2.25. The molecule has 0 unspecified atom stereocenters. The Hall–Kier alpha value is -1.03. The van der Waals surface area contributed by atoms with Gasteiger partial charge in [-0.05, 0) is 49.0 Å². The molecule has 0 saturated carbocycles. The van der Waals surface area contributed by atoms with E-state index >= 15 is 0 Å². The Labute approximate surface area is 123 Å². The van der Waals surface area contributed by atoms with Crippen LogP contribution in [0.15, 0.2) is 35.7 Å². The van der Waals surface area contributed by atoms with Gasteiger partial charge in [-0.2, -0.15) is 0 Å². The van der Waals surface area contributed by atoms with Crippen LogP contribution in [0.25, 0.3) is 0 Å². The molecule has 0 spiro atoms. The summed E-state index contributed by atoms with van der Waals surface area (Å²) >= 11 is 8.10. The number of nitrogens with zero attached hydrogens (tertiary/aromatic N) is 1. The fourth-order valence-corrected chi connectivity index (χ4v) is 3.06. The van der Waals surface area contributed by atoms with E-state index in [1.807, 2.05) is 6.07 Å². The van der Waals surface area contributed by atoms with Crippen LogP contribution in [-0.2, 0) is 13.0 Å². The van der Waals surface area contributed by atoms with E-state index in [1.54, 1.807) is 11.3 Å². The number of rotatable bonds is 6. The fourth-order valence-electron chi connectivity index (χ4n) is 2.07. The van der Waals surface area contributed by atoms with Gasteiger partial charge in [0.25, 0.3) is 0 Å². The lowest BCUT2D eigenvalue weighted by molar-refractivity contribution is 0.841. The van der Waals surface area contributed by atoms with E-state index in [1.165, 1.54) is 10.6 Å². The molecule has 0 aliphatic heterocycles. The molecule has 0 fully saturated rings. The minimum Gasteiger partial charge on any atom is -0.367 e. The van der Waals surface area contributed by atoms with Gasteiger partial charge in [-0.3, -0.25) is 0 Å². The van der Waals surface area contributed by atoms with E-state index in [0.29, 0.717) is 6.54 Å². The van der Waals surface area contributed by atoms with Gasteiger partial charge in [-0.25, -0.2) is 0 Å². The lowest BCUT2D eigenvalue weighted by Crippen LogP contribution is -2.21. The standard InChI is InChI=1S/C15H19ClN2S/c1-2-18(11-14-4-3-9-19-14)13-6-5-12(7-8-17)15(16)10-13/h3-6,9-10H,2,7-8,11,17H2,1H3. The van der Waals surface area contributed by atoms with Crippen LogP contribution in [0, 0.1) is 0 Å². The van der Waals surface area contributed by atoms with Gasteiger partial charge < -0.3 is 10.6 Å². The second-order valence-electron chi connectivity index (χ2n) is 4.41. The Balaban J connectivity index is 2.16. The first kappa shape index (κ1) is 14.4. The van der Waals surface area contributed by atoms with Gasteiger partial charge in [0.1, 0.15) is 0 Å². The van der Waals surface area contributed by atoms with E-state index < -0.39 is 0 Å². The number of benzene rings is 1. The largest absolute Gasteiger partial charge is 0.367 e. The first-order valence-corrected chi connectivity index (χ1v) is 7.76. The molecule has 19 heavy (non-hydrogen) atoms. The van der Waals surface area contributed by atoms with Crippen LogP contribution in [0.5, 0.6) is 0 Å². The first-order valence-electron chi connectivity index (χ1n) is 6.50. The highest BCUT2D eigenvalue weighted by molar-refractivity contribution is 7.09. The number of nitrogens with two attached hydrogens (primary N) is 1. The molecule has 0 amide bonds. The van der Waals surface area contributed by atoms with Gasteiger partial charge in [-0.1, -0.05) is 23.7 Å². The number of anilines is 1. The third-order valence-electron chi connectivity index (χ3n) is 3.12. The highest BCUT2D eigenvalue weighted by Gasteiger charge is 2.08. The summed E-state index contributed by atoms with van der Waals surface area (Å²) in [7, 11) is 0. The molecule has 0 aliphatic carbocycles. The van der Waals surface area contributed by atoms with Gasteiger partial charge in [0, 0.05) is 22.1 Å². The van der Waals surface area contributed by atoms with Gasteiger partial charge in [-0.15, -0.1) is 11.3 Å². The molecule has 2 rings (SSSR count). The number of halogens is 1. The number of thiophene rings is 1. The lowest BCUT2D eigenvalue weighted by Gasteiger charge is -2.23. The van der Waals surface area contributed by atoms with E-state index in [9.17, 15) is 0 Å². The Morgan fingerprint density at radius 1 is 1.32 bits per heavy atom. The van der Waals surface area contributed by atoms with Gasteiger partial charge in [0.05, 0.1) is 6.54 Å². The number of hydrogen-bond acceptors (Lipinski definition) is 3. The summed E-state index contributed by atoms with van der Waals surface area (Å²) in [6.07, 6.45) is 0.830. The molecular weight excluding hydrogens is 276 g/mol. The maximum Gasteiger partial charge on any atom is 0.0522 e. The van der Waals surface area contributed by atoms with Gasteiger partial charge in [0.2, 0.25) is 0 Å². The first-order chi connectivity index (χ1) is 9.24. The summed E-state index contributed by atoms with van der Waals surface area (Å²) in [6, 6.07) is 10.5. The fraction of sp³-hybridized carbons (Fsp3) is 0.333. The molecule has 0 atom stereocenters. The van der Waals surface area contributed by atoms with Crippen molar-refractivity contribution in [2.75, 3.05) is 18.0 Å². The molecule has 4 heteroatoms. The molecule has 0 aliphatic rings. The number of hydrogen-bond donors (Lipinski definition) is 1. The molecule has 2 aromatic rings. The van der Waals surface area contributed by atoms with Gasteiger partial charge >= 0.3 is 0 Å². The second kappa shape index (κ2) is 6.94. The molecule has 1 heterocycles. The Morgan fingerprint density at radius 2 is 2.16 bits per heavy atom. The van der Waals surface area contributed by atoms with Crippen molar-refractivity contribution in [2.45, 2.75) is 19.9 Å². The Morgan fingerprint density at radius 3 is 2.74 bits per heavy atom. The maximum absolute atomic E-state index is 6.31. The molecule has 2 N–H and O–H groups in total. The predicted octanol–water partition coefficient (Wildman–Crippen LogP) is 3.93. The van der Waals surface area contributed by atoms with Crippen LogP contribution >= 0.6 is 22.9 Å². The molecule has 1 aromatic carbocycles. The topological polar surface area (TPSA) is 29.3 Å². The van der Waals surface area contributed by atoms with Crippen LogP contribution in [0.1, 0.15) is 17.4 Å². The molecule has 2 nitrogen and oxygen atoms in total. The summed E-state index contributed by atoms with van der Waals surface area (Å²) in [6.45, 7) is 4.69. The van der Waals surface area contributed by atoms with E-state index in [0.717, 1.165) is 30.1 Å². The summed E-state index contributed by atoms with van der Waals surface area (Å²) in [5.74, 6) is 0. The summed E-state index contributed by atoms with van der Waals surface area (Å²) < 4.78 is 0. The van der Waals surface area contributed by atoms with Crippen molar-refractivity contribution in [3.63, 3.8) is 0 Å². The predicted molar refractivity (Wildman–Crippen MR) is 85.3 cm³/mol. The minimum atomic E-state index is 0.631.